The summed E-state index contributed by atoms with van der Waals surface area (Å²) in [6, 6.07) is 9.63. The maximum Gasteiger partial charge on any atom is 0.326 e. The van der Waals surface area contributed by atoms with Crippen molar-refractivity contribution >= 4 is 22.4 Å². The number of aliphatic carboxylic acids is 1. The van der Waals surface area contributed by atoms with Crippen LogP contribution in [-0.2, 0) is 11.2 Å². The largest absolute Gasteiger partial charge is 0.480 e. The molecule has 0 radical (unpaired) electrons. The first-order valence-corrected chi connectivity index (χ1v) is 7.41. The lowest BCUT2D eigenvalue weighted by Gasteiger charge is -2.19. The molecule has 0 aliphatic carbocycles. The molecular formula is C14H15N3O2S. The van der Waals surface area contributed by atoms with Crippen molar-refractivity contribution in [1.82, 2.24) is 10.2 Å². The van der Waals surface area contributed by atoms with Crippen molar-refractivity contribution < 1.29 is 9.90 Å². The summed E-state index contributed by atoms with van der Waals surface area (Å²) >= 11 is 1.49. The smallest absolute Gasteiger partial charge is 0.326 e. The second kappa shape index (κ2) is 5.58. The Balaban J connectivity index is 1.75. The van der Waals surface area contributed by atoms with Crippen LogP contribution >= 0.6 is 11.3 Å². The first-order chi connectivity index (χ1) is 9.74. The van der Waals surface area contributed by atoms with Gasteiger partial charge in [0.05, 0.1) is 0 Å². The lowest BCUT2D eigenvalue weighted by molar-refractivity contribution is -0.138. The van der Waals surface area contributed by atoms with Crippen molar-refractivity contribution in [2.24, 2.45) is 0 Å². The summed E-state index contributed by atoms with van der Waals surface area (Å²) in [5.41, 5.74) is 1.19. The predicted molar refractivity (Wildman–Crippen MR) is 77.2 cm³/mol. The van der Waals surface area contributed by atoms with Gasteiger partial charge in [-0.1, -0.05) is 41.7 Å². The van der Waals surface area contributed by atoms with E-state index in [4.69, 9.17) is 0 Å². The molecule has 1 unspecified atom stereocenters. The number of hydrogen-bond donors (Lipinski definition) is 1. The molecule has 1 saturated heterocycles. The van der Waals surface area contributed by atoms with Crippen molar-refractivity contribution in [3.63, 3.8) is 0 Å². The fourth-order valence-electron chi connectivity index (χ4n) is 2.46. The molecule has 3 rings (SSSR count). The third-order valence-corrected chi connectivity index (χ3v) is 4.40. The maximum absolute atomic E-state index is 11.2. The van der Waals surface area contributed by atoms with Gasteiger partial charge in [-0.05, 0) is 18.4 Å². The normalized spacial score (nSPS) is 18.4. The van der Waals surface area contributed by atoms with Gasteiger partial charge in [0, 0.05) is 13.0 Å². The molecule has 1 aliphatic heterocycles. The van der Waals surface area contributed by atoms with Gasteiger partial charge >= 0.3 is 5.97 Å². The highest BCUT2D eigenvalue weighted by molar-refractivity contribution is 7.15. The van der Waals surface area contributed by atoms with Gasteiger partial charge in [-0.2, -0.15) is 0 Å². The van der Waals surface area contributed by atoms with E-state index in [-0.39, 0.29) is 0 Å². The van der Waals surface area contributed by atoms with Crippen molar-refractivity contribution in [2.75, 3.05) is 11.4 Å². The second-order valence-corrected chi connectivity index (χ2v) is 5.87. The monoisotopic (exact) mass is 289 g/mol. The minimum Gasteiger partial charge on any atom is -0.480 e. The van der Waals surface area contributed by atoms with Gasteiger partial charge in [-0.25, -0.2) is 4.79 Å². The molecule has 2 heterocycles. The number of carboxylic acid groups (broad SMARTS) is 1. The molecule has 1 aliphatic rings. The molecule has 5 nitrogen and oxygen atoms in total. The molecule has 0 spiro atoms. The van der Waals surface area contributed by atoms with E-state index in [0.717, 1.165) is 29.5 Å². The number of hydrogen-bond acceptors (Lipinski definition) is 5. The summed E-state index contributed by atoms with van der Waals surface area (Å²) in [5, 5.41) is 19.2. The van der Waals surface area contributed by atoms with Crippen LogP contribution < -0.4 is 4.90 Å². The number of anilines is 1. The number of carbonyl (C=O) groups is 1. The van der Waals surface area contributed by atoms with Gasteiger partial charge in [0.15, 0.2) is 0 Å². The highest BCUT2D eigenvalue weighted by Gasteiger charge is 2.32. The first-order valence-electron chi connectivity index (χ1n) is 6.60. The summed E-state index contributed by atoms with van der Waals surface area (Å²) < 4.78 is 0. The highest BCUT2D eigenvalue weighted by atomic mass is 32.1. The van der Waals surface area contributed by atoms with Gasteiger partial charge in [-0.3, -0.25) is 0 Å². The molecule has 6 heteroatoms. The van der Waals surface area contributed by atoms with Crippen LogP contribution in [0.25, 0.3) is 0 Å². The van der Waals surface area contributed by atoms with E-state index in [1.54, 1.807) is 0 Å². The summed E-state index contributed by atoms with van der Waals surface area (Å²) in [5.74, 6) is -0.776. The number of rotatable bonds is 4. The molecule has 0 bridgehead atoms. The predicted octanol–water partition coefficient (Wildman–Crippen LogP) is 2.18. The van der Waals surface area contributed by atoms with Gasteiger partial charge in [0.2, 0.25) is 5.13 Å². The minimum absolute atomic E-state index is 0.451. The molecule has 1 N–H and O–H groups in total. The van der Waals surface area contributed by atoms with E-state index in [0.29, 0.717) is 6.42 Å². The van der Waals surface area contributed by atoms with E-state index in [1.165, 1.54) is 16.9 Å². The zero-order valence-electron chi connectivity index (χ0n) is 10.9. The lowest BCUT2D eigenvalue weighted by Crippen LogP contribution is -2.35. The van der Waals surface area contributed by atoms with Crippen LogP contribution in [0.5, 0.6) is 0 Å². The fraction of sp³-hybridized carbons (Fsp3) is 0.357. The molecule has 1 atom stereocenters. The SMILES string of the molecule is O=C(O)C1CCCN1c1nnc(Cc2ccccc2)s1. The summed E-state index contributed by atoms with van der Waals surface area (Å²) in [6.07, 6.45) is 2.32. The first kappa shape index (κ1) is 13.1. The van der Waals surface area contributed by atoms with E-state index in [1.807, 2.05) is 23.1 Å². The van der Waals surface area contributed by atoms with Crippen LogP contribution in [0, 0.1) is 0 Å². The number of nitrogens with zero attached hydrogens (tertiary/aromatic N) is 3. The fourth-order valence-corrected chi connectivity index (χ4v) is 3.40. The van der Waals surface area contributed by atoms with Crippen LogP contribution in [-0.4, -0.2) is 33.9 Å². The Labute approximate surface area is 120 Å². The van der Waals surface area contributed by atoms with Gasteiger partial charge in [0.1, 0.15) is 11.0 Å². The van der Waals surface area contributed by atoms with E-state index in [2.05, 4.69) is 22.3 Å². The summed E-state index contributed by atoms with van der Waals surface area (Å²) in [6.45, 7) is 0.747. The molecule has 1 aromatic heterocycles. The van der Waals surface area contributed by atoms with Crippen molar-refractivity contribution in [1.29, 1.82) is 0 Å². The number of benzene rings is 1. The van der Waals surface area contributed by atoms with Crippen molar-refractivity contribution in [3.05, 3.63) is 40.9 Å². The molecule has 104 valence electrons. The van der Waals surface area contributed by atoms with Crippen LogP contribution in [0.2, 0.25) is 0 Å². The van der Waals surface area contributed by atoms with Crippen LogP contribution in [0.1, 0.15) is 23.4 Å². The van der Waals surface area contributed by atoms with Crippen LogP contribution in [0.3, 0.4) is 0 Å². The standard InChI is InChI=1S/C14H15N3O2S/c18-13(19)11-7-4-8-17(11)14-16-15-12(20-14)9-10-5-2-1-3-6-10/h1-3,5-6,11H,4,7-9H2,(H,18,19). The van der Waals surface area contributed by atoms with Crippen molar-refractivity contribution in [2.45, 2.75) is 25.3 Å². The Morgan fingerprint density at radius 3 is 2.90 bits per heavy atom. The summed E-state index contributed by atoms with van der Waals surface area (Å²) in [7, 11) is 0. The minimum atomic E-state index is -0.776. The lowest BCUT2D eigenvalue weighted by atomic mass is 10.2. The summed E-state index contributed by atoms with van der Waals surface area (Å²) in [4.78, 5) is 13.1. The molecule has 20 heavy (non-hydrogen) atoms. The highest BCUT2D eigenvalue weighted by Crippen LogP contribution is 2.29. The molecule has 1 aromatic carbocycles. The Hall–Kier alpha value is -1.95. The number of carboxylic acids is 1. The molecular weight excluding hydrogens is 274 g/mol. The van der Waals surface area contributed by atoms with Crippen LogP contribution in [0.4, 0.5) is 5.13 Å². The maximum atomic E-state index is 11.2. The zero-order chi connectivity index (χ0) is 13.9. The Bertz CT molecular complexity index is 599. The van der Waals surface area contributed by atoms with Gasteiger partial charge < -0.3 is 10.0 Å². The van der Waals surface area contributed by atoms with Gasteiger partial charge in [0.25, 0.3) is 0 Å². The topological polar surface area (TPSA) is 66.3 Å². The molecule has 0 amide bonds. The third-order valence-electron chi connectivity index (χ3n) is 3.44. The molecule has 1 fully saturated rings. The Kier molecular flexibility index (Phi) is 3.64. The average molecular weight is 289 g/mol. The number of aromatic nitrogens is 2. The Morgan fingerprint density at radius 1 is 1.35 bits per heavy atom. The second-order valence-electron chi connectivity index (χ2n) is 4.83. The Morgan fingerprint density at radius 2 is 2.15 bits per heavy atom. The van der Waals surface area contributed by atoms with E-state index >= 15 is 0 Å². The molecule has 0 saturated carbocycles. The van der Waals surface area contributed by atoms with Crippen LogP contribution in [0.15, 0.2) is 30.3 Å². The third kappa shape index (κ3) is 2.65. The zero-order valence-corrected chi connectivity index (χ0v) is 11.7. The van der Waals surface area contributed by atoms with Crippen molar-refractivity contribution in [3.8, 4) is 0 Å². The van der Waals surface area contributed by atoms with E-state index in [9.17, 15) is 9.90 Å². The quantitative estimate of drug-likeness (QED) is 0.934. The average Bonchev–Trinajstić information content (AvgIpc) is 3.07. The van der Waals surface area contributed by atoms with E-state index < -0.39 is 12.0 Å². The van der Waals surface area contributed by atoms with Gasteiger partial charge in [-0.15, -0.1) is 10.2 Å². The molecule has 2 aromatic rings.